The maximum Gasteiger partial charge on any atom is 0.214 e. The second kappa shape index (κ2) is 7.11. The van der Waals surface area contributed by atoms with Crippen LogP contribution >= 0.6 is 23.4 Å². The third-order valence-corrected chi connectivity index (χ3v) is 4.58. The van der Waals surface area contributed by atoms with E-state index < -0.39 is 5.25 Å². The lowest BCUT2D eigenvalue weighted by molar-refractivity contribution is 0.0994. The molecule has 0 unspecified atom stereocenters. The lowest BCUT2D eigenvalue weighted by Gasteiger charge is -2.10. The lowest BCUT2D eigenvalue weighted by atomic mass is 10.1. The minimum atomic E-state index is -0.424. The Morgan fingerprint density at radius 1 is 1.17 bits per heavy atom. The summed E-state index contributed by atoms with van der Waals surface area (Å²) in [7, 11) is 0. The fraction of sp³-hybridized carbons (Fsp3) is 0.125. The third-order valence-electron chi connectivity index (χ3n) is 3.29. The maximum atomic E-state index is 13.0. The Morgan fingerprint density at radius 3 is 2.50 bits per heavy atom. The molecule has 1 atom stereocenters. The molecule has 0 aliphatic carbocycles. The second-order valence-corrected chi connectivity index (χ2v) is 6.73. The van der Waals surface area contributed by atoms with E-state index in [-0.39, 0.29) is 11.6 Å². The number of carbonyl (C=O) groups excluding carboxylic acids is 1. The number of hydrogen-bond donors (Lipinski definition) is 0. The van der Waals surface area contributed by atoms with Crippen molar-refractivity contribution < 1.29 is 9.18 Å². The Bertz CT molecular complexity index is 851. The number of Topliss-reactive ketones (excluding diaryl/α,β-unsaturated/α-hetero) is 1. The SMILES string of the molecule is C[C@H](Sc1nnnn1-c1ccc(Cl)cc1)C(=O)c1ccc(F)cc1. The van der Waals surface area contributed by atoms with Gasteiger partial charge in [0.05, 0.1) is 10.9 Å². The summed E-state index contributed by atoms with van der Waals surface area (Å²) < 4.78 is 14.5. The minimum absolute atomic E-state index is 0.120. The van der Waals surface area contributed by atoms with Gasteiger partial charge in [-0.15, -0.1) is 5.10 Å². The number of thioether (sulfide) groups is 1. The van der Waals surface area contributed by atoms with E-state index in [0.717, 1.165) is 5.69 Å². The molecule has 0 radical (unpaired) electrons. The van der Waals surface area contributed by atoms with Crippen molar-refractivity contribution in [2.75, 3.05) is 0 Å². The van der Waals surface area contributed by atoms with Gasteiger partial charge in [-0.3, -0.25) is 4.79 Å². The summed E-state index contributed by atoms with van der Waals surface area (Å²) in [5.74, 6) is -0.496. The van der Waals surface area contributed by atoms with Gasteiger partial charge in [0.1, 0.15) is 5.82 Å². The van der Waals surface area contributed by atoms with Gasteiger partial charge in [-0.25, -0.2) is 4.39 Å². The van der Waals surface area contributed by atoms with Crippen molar-refractivity contribution in [1.82, 2.24) is 20.2 Å². The van der Waals surface area contributed by atoms with Crippen LogP contribution in [0.3, 0.4) is 0 Å². The van der Waals surface area contributed by atoms with Crippen molar-refractivity contribution >= 4 is 29.1 Å². The van der Waals surface area contributed by atoms with E-state index in [2.05, 4.69) is 15.5 Å². The number of halogens is 2. The number of hydrogen-bond acceptors (Lipinski definition) is 5. The Labute approximate surface area is 146 Å². The van der Waals surface area contributed by atoms with Gasteiger partial charge in [0.2, 0.25) is 5.16 Å². The standard InChI is InChI=1S/C16H12ClFN4OS/c1-10(15(23)11-2-6-13(18)7-3-11)24-16-19-20-21-22(16)14-8-4-12(17)5-9-14/h2-10H,1H3/t10-/m0/s1. The lowest BCUT2D eigenvalue weighted by Crippen LogP contribution is -2.14. The van der Waals surface area contributed by atoms with Crippen LogP contribution in [-0.2, 0) is 0 Å². The molecule has 3 aromatic rings. The molecule has 0 aliphatic heterocycles. The molecule has 0 aliphatic rings. The van der Waals surface area contributed by atoms with Gasteiger partial charge in [-0.05, 0) is 65.9 Å². The molecule has 0 fully saturated rings. The first-order valence-corrected chi connectivity index (χ1v) is 8.31. The van der Waals surface area contributed by atoms with E-state index in [0.29, 0.717) is 15.7 Å². The van der Waals surface area contributed by atoms with E-state index in [1.54, 1.807) is 31.2 Å². The Hall–Kier alpha value is -2.25. The zero-order valence-corrected chi connectivity index (χ0v) is 14.1. The summed E-state index contributed by atoms with van der Waals surface area (Å²) in [5.41, 5.74) is 1.19. The van der Waals surface area contributed by atoms with Gasteiger partial charge in [0.15, 0.2) is 5.78 Å². The molecular weight excluding hydrogens is 351 g/mol. The van der Waals surface area contributed by atoms with Crippen LogP contribution in [0.4, 0.5) is 4.39 Å². The predicted molar refractivity (Wildman–Crippen MR) is 90.2 cm³/mol. The average Bonchev–Trinajstić information content (AvgIpc) is 3.03. The molecule has 1 aromatic heterocycles. The minimum Gasteiger partial charge on any atom is -0.293 e. The maximum absolute atomic E-state index is 13.0. The molecule has 8 heteroatoms. The molecule has 0 spiro atoms. The number of benzene rings is 2. The predicted octanol–water partition coefficient (Wildman–Crippen LogP) is 3.82. The van der Waals surface area contributed by atoms with Crippen LogP contribution in [0.1, 0.15) is 17.3 Å². The smallest absolute Gasteiger partial charge is 0.214 e. The highest BCUT2D eigenvalue weighted by Crippen LogP contribution is 2.25. The highest BCUT2D eigenvalue weighted by Gasteiger charge is 2.20. The van der Waals surface area contributed by atoms with E-state index >= 15 is 0 Å². The molecular formula is C16H12ClFN4OS. The number of carbonyl (C=O) groups is 1. The Morgan fingerprint density at radius 2 is 1.83 bits per heavy atom. The molecule has 0 amide bonds. The van der Waals surface area contributed by atoms with Crippen molar-refractivity contribution in [2.45, 2.75) is 17.3 Å². The molecule has 0 saturated carbocycles. The molecule has 3 rings (SSSR count). The fourth-order valence-electron chi connectivity index (χ4n) is 2.06. The number of aromatic nitrogens is 4. The normalized spacial score (nSPS) is 12.1. The molecule has 24 heavy (non-hydrogen) atoms. The quantitative estimate of drug-likeness (QED) is 0.510. The summed E-state index contributed by atoms with van der Waals surface area (Å²) >= 11 is 7.11. The second-order valence-electron chi connectivity index (χ2n) is 4.98. The molecule has 0 N–H and O–H groups in total. The Balaban J connectivity index is 1.79. The fourth-order valence-corrected chi connectivity index (χ4v) is 3.07. The molecule has 0 bridgehead atoms. The zero-order chi connectivity index (χ0) is 17.1. The summed E-state index contributed by atoms with van der Waals surface area (Å²) in [4.78, 5) is 12.4. The van der Waals surface area contributed by atoms with Crippen LogP contribution in [0.2, 0.25) is 5.02 Å². The molecule has 5 nitrogen and oxygen atoms in total. The van der Waals surface area contributed by atoms with E-state index in [9.17, 15) is 9.18 Å². The van der Waals surface area contributed by atoms with Crippen LogP contribution < -0.4 is 0 Å². The van der Waals surface area contributed by atoms with Crippen molar-refractivity contribution in [3.05, 3.63) is 64.9 Å². The van der Waals surface area contributed by atoms with Crippen LogP contribution in [-0.4, -0.2) is 31.2 Å². The molecule has 1 heterocycles. The van der Waals surface area contributed by atoms with Crippen LogP contribution in [0.25, 0.3) is 5.69 Å². The number of ketones is 1. The van der Waals surface area contributed by atoms with E-state index in [1.165, 1.54) is 40.7 Å². The highest BCUT2D eigenvalue weighted by molar-refractivity contribution is 8.00. The van der Waals surface area contributed by atoms with Crippen LogP contribution in [0.5, 0.6) is 0 Å². The van der Waals surface area contributed by atoms with Gasteiger partial charge in [0, 0.05) is 10.6 Å². The summed E-state index contributed by atoms with van der Waals surface area (Å²) in [6.45, 7) is 1.76. The molecule has 2 aromatic carbocycles. The average molecular weight is 363 g/mol. The topological polar surface area (TPSA) is 60.7 Å². The van der Waals surface area contributed by atoms with E-state index in [1.807, 2.05) is 0 Å². The van der Waals surface area contributed by atoms with Gasteiger partial charge < -0.3 is 0 Å². The monoisotopic (exact) mass is 362 g/mol. The highest BCUT2D eigenvalue weighted by atomic mass is 35.5. The van der Waals surface area contributed by atoms with Gasteiger partial charge in [-0.2, -0.15) is 4.68 Å². The van der Waals surface area contributed by atoms with Crippen molar-refractivity contribution in [3.8, 4) is 5.69 Å². The third kappa shape index (κ3) is 3.63. The summed E-state index contributed by atoms with van der Waals surface area (Å²) in [5, 5.41) is 12.2. The summed E-state index contributed by atoms with van der Waals surface area (Å²) in [6.07, 6.45) is 0. The van der Waals surface area contributed by atoms with Crippen LogP contribution in [0, 0.1) is 5.82 Å². The van der Waals surface area contributed by atoms with Gasteiger partial charge >= 0.3 is 0 Å². The first-order chi connectivity index (χ1) is 11.5. The Kier molecular flexibility index (Phi) is 4.92. The van der Waals surface area contributed by atoms with Gasteiger partial charge in [-0.1, -0.05) is 23.4 Å². The van der Waals surface area contributed by atoms with Gasteiger partial charge in [0.25, 0.3) is 0 Å². The molecule has 0 saturated heterocycles. The van der Waals surface area contributed by atoms with Crippen molar-refractivity contribution in [3.63, 3.8) is 0 Å². The van der Waals surface area contributed by atoms with Crippen LogP contribution in [0.15, 0.2) is 53.7 Å². The van der Waals surface area contributed by atoms with Crippen molar-refractivity contribution in [2.24, 2.45) is 0 Å². The number of nitrogens with zero attached hydrogens (tertiary/aromatic N) is 4. The number of tetrazole rings is 1. The van der Waals surface area contributed by atoms with Crippen molar-refractivity contribution in [1.29, 1.82) is 0 Å². The first-order valence-electron chi connectivity index (χ1n) is 7.05. The zero-order valence-electron chi connectivity index (χ0n) is 12.6. The number of rotatable bonds is 5. The van der Waals surface area contributed by atoms with E-state index in [4.69, 9.17) is 11.6 Å². The molecule has 122 valence electrons. The largest absolute Gasteiger partial charge is 0.293 e. The first kappa shape index (κ1) is 16.6. The summed E-state index contributed by atoms with van der Waals surface area (Å²) in [6, 6.07) is 12.5.